The molecule has 0 amide bonds. The number of aliphatic hydroxyl groups excluding tert-OH is 1. The fourth-order valence-corrected chi connectivity index (χ4v) is 6.14. The first-order chi connectivity index (χ1) is 22.2. The molecule has 1 heterocycles. The average molecular weight is 833 g/mol. The number of allylic oxidation sites excluding steroid dienone is 2. The van der Waals surface area contributed by atoms with Crippen molar-refractivity contribution in [3.8, 4) is 33.5 Å². The number of pyridine rings is 1. The van der Waals surface area contributed by atoms with E-state index in [2.05, 4.69) is 117 Å². The van der Waals surface area contributed by atoms with Gasteiger partial charge in [0.1, 0.15) is 5.76 Å². The summed E-state index contributed by atoms with van der Waals surface area (Å²) < 4.78 is 0. The van der Waals surface area contributed by atoms with Gasteiger partial charge in [0, 0.05) is 42.4 Å². The number of hydrogen-bond acceptors (Lipinski definition) is 3. The first-order valence-corrected chi connectivity index (χ1v) is 20.2. The van der Waals surface area contributed by atoms with Gasteiger partial charge in [0.2, 0.25) is 0 Å². The largest absolute Gasteiger partial charge is 0.512 e. The minimum absolute atomic E-state index is 0. The molecule has 5 rings (SSSR count). The van der Waals surface area contributed by atoms with E-state index < -0.39 is 8.07 Å². The Morgan fingerprint density at radius 1 is 0.771 bits per heavy atom. The maximum absolute atomic E-state index is 11.8. The van der Waals surface area contributed by atoms with Gasteiger partial charge >= 0.3 is 0 Å². The van der Waals surface area contributed by atoms with E-state index in [1.54, 1.807) is 0 Å². The summed E-state index contributed by atoms with van der Waals surface area (Å²) in [5.74, 6) is 0.195. The maximum Gasteiger partial charge on any atom is 0.164 e. The third-order valence-corrected chi connectivity index (χ3v) is 11.4. The van der Waals surface area contributed by atoms with Gasteiger partial charge in [-0.3, -0.25) is 9.78 Å². The van der Waals surface area contributed by atoms with Crippen LogP contribution < -0.4 is 5.19 Å². The third-order valence-electron chi connectivity index (χ3n) is 9.34. The molecule has 1 N–H and O–H groups in total. The van der Waals surface area contributed by atoms with Crippen molar-refractivity contribution in [3.63, 3.8) is 0 Å². The Kier molecular flexibility index (Phi) is 13.1. The van der Waals surface area contributed by atoms with Gasteiger partial charge in [0.05, 0.1) is 13.6 Å². The minimum Gasteiger partial charge on any atom is -0.512 e. The van der Waals surface area contributed by atoms with Crippen molar-refractivity contribution < 1.29 is 30.0 Å². The van der Waals surface area contributed by atoms with E-state index in [9.17, 15) is 9.90 Å². The number of rotatable bonds is 9. The molecule has 0 atom stereocenters. The van der Waals surface area contributed by atoms with E-state index in [0.717, 1.165) is 29.6 Å². The molecule has 1 radical (unpaired) electrons. The van der Waals surface area contributed by atoms with Crippen molar-refractivity contribution in [2.24, 2.45) is 10.8 Å². The summed E-state index contributed by atoms with van der Waals surface area (Å²) in [6.45, 7) is 18.8. The summed E-state index contributed by atoms with van der Waals surface area (Å²) in [6.07, 6.45) is 2.99. The second-order valence-electron chi connectivity index (χ2n) is 14.6. The van der Waals surface area contributed by atoms with Crippen LogP contribution in [-0.4, -0.2) is 23.9 Å². The molecule has 4 aromatic carbocycles. The van der Waals surface area contributed by atoms with Crippen molar-refractivity contribution in [1.82, 2.24) is 4.98 Å². The molecule has 0 aliphatic heterocycles. The summed E-state index contributed by atoms with van der Waals surface area (Å²) >= 11 is 0. The molecule has 5 heteroatoms. The van der Waals surface area contributed by atoms with Crippen molar-refractivity contribution in [2.45, 2.75) is 74.0 Å². The Labute approximate surface area is 302 Å². The second-order valence-corrected chi connectivity index (χ2v) is 19.7. The number of aromatic nitrogens is 1. The molecule has 0 bridgehead atoms. The molecule has 0 spiro atoms. The standard InChI is InChI=1S/C30H26NSi.C13H24O2.Ir/c1-32(2,3)26-17-18-29-28(20-26)27(23-13-8-5-9-14-23)21-30(31-29)25-16-10-15-24(19-25)22-11-6-4-7-12-22;1-7-12(3,4)10(14)9-11(15)13(5,6)8-2;/h4-15,17-21H,1-3H3;9,14H,7-8H2,1-6H3;/q-1;;/b;10-9-;. The van der Waals surface area contributed by atoms with Gasteiger partial charge in [0.15, 0.2) is 5.78 Å². The predicted octanol–water partition coefficient (Wildman–Crippen LogP) is 11.4. The number of benzene rings is 4. The summed E-state index contributed by atoms with van der Waals surface area (Å²) in [6, 6.07) is 39.9. The van der Waals surface area contributed by atoms with E-state index >= 15 is 0 Å². The number of fused-ring (bicyclic) bond motifs is 1. The van der Waals surface area contributed by atoms with E-state index in [1.165, 1.54) is 38.9 Å². The molecular formula is C43H50IrNO2Si-. The monoisotopic (exact) mass is 833 g/mol. The fourth-order valence-electron chi connectivity index (χ4n) is 4.98. The minimum atomic E-state index is -1.43. The molecule has 0 saturated heterocycles. The molecule has 0 aliphatic rings. The van der Waals surface area contributed by atoms with Crippen LogP contribution in [0.4, 0.5) is 0 Å². The SMILES string of the molecule is CCC(C)(C)C(=O)/C=C(\O)C(C)(C)CC.C[Si](C)(C)c1ccc2nc(-c3[c-]ccc(-c4ccccc4)c3)cc(-c3ccccc3)c2c1.[Ir]. The summed E-state index contributed by atoms with van der Waals surface area (Å²) in [5, 5.41) is 12.5. The second kappa shape index (κ2) is 16.2. The predicted molar refractivity (Wildman–Crippen MR) is 204 cm³/mol. The zero-order valence-corrected chi connectivity index (χ0v) is 33.3. The van der Waals surface area contributed by atoms with Crippen molar-refractivity contribution in [1.29, 1.82) is 0 Å². The van der Waals surface area contributed by atoms with Gasteiger partial charge in [0.25, 0.3) is 0 Å². The van der Waals surface area contributed by atoms with Gasteiger partial charge in [-0.1, -0.05) is 145 Å². The van der Waals surface area contributed by atoms with Gasteiger partial charge in [-0.2, -0.15) is 0 Å². The molecule has 0 aliphatic carbocycles. The molecule has 3 nitrogen and oxygen atoms in total. The Morgan fingerprint density at radius 2 is 1.35 bits per heavy atom. The van der Waals surface area contributed by atoms with E-state index in [-0.39, 0.29) is 42.5 Å². The number of carbonyl (C=O) groups is 1. The normalized spacial score (nSPS) is 12.1. The molecule has 0 unspecified atom stereocenters. The smallest absolute Gasteiger partial charge is 0.164 e. The number of aliphatic hydroxyl groups is 1. The van der Waals surface area contributed by atoms with Crippen LogP contribution in [0.15, 0.2) is 115 Å². The topological polar surface area (TPSA) is 50.2 Å². The molecule has 0 saturated carbocycles. The van der Waals surface area contributed by atoms with Crippen LogP contribution in [0.1, 0.15) is 54.4 Å². The maximum atomic E-state index is 11.8. The van der Waals surface area contributed by atoms with Crippen LogP contribution in [0.2, 0.25) is 19.6 Å². The first-order valence-electron chi connectivity index (χ1n) is 16.7. The van der Waals surface area contributed by atoms with E-state index in [4.69, 9.17) is 4.98 Å². The zero-order valence-electron chi connectivity index (χ0n) is 29.9. The van der Waals surface area contributed by atoms with Crippen molar-refractivity contribution in [3.05, 3.63) is 121 Å². The molecule has 48 heavy (non-hydrogen) atoms. The Hall–Kier alpha value is -3.63. The molecule has 0 fully saturated rings. The molecule has 1 aromatic heterocycles. The van der Waals surface area contributed by atoms with Crippen LogP contribution in [0, 0.1) is 16.9 Å². The van der Waals surface area contributed by atoms with Crippen LogP contribution in [0.5, 0.6) is 0 Å². The van der Waals surface area contributed by atoms with Gasteiger partial charge in [-0.25, -0.2) is 0 Å². The van der Waals surface area contributed by atoms with Gasteiger partial charge in [-0.05, 0) is 41.3 Å². The fraction of sp³-hybridized carbons (Fsp3) is 0.302. The van der Waals surface area contributed by atoms with Gasteiger partial charge in [-0.15, -0.1) is 35.4 Å². The van der Waals surface area contributed by atoms with Crippen molar-refractivity contribution in [2.75, 3.05) is 0 Å². The number of hydrogen-bond donors (Lipinski definition) is 1. The summed E-state index contributed by atoms with van der Waals surface area (Å²) in [5.41, 5.74) is 7.13. The van der Waals surface area contributed by atoms with Crippen LogP contribution in [0.3, 0.4) is 0 Å². The molecular weight excluding hydrogens is 783 g/mol. The van der Waals surface area contributed by atoms with Crippen LogP contribution >= 0.6 is 0 Å². The van der Waals surface area contributed by atoms with Crippen LogP contribution in [0.25, 0.3) is 44.4 Å². The summed E-state index contributed by atoms with van der Waals surface area (Å²) in [4.78, 5) is 16.9. The van der Waals surface area contributed by atoms with E-state index in [0.29, 0.717) is 0 Å². The Bertz CT molecular complexity index is 1860. The average Bonchev–Trinajstić information content (AvgIpc) is 3.08. The van der Waals surface area contributed by atoms with Gasteiger partial charge < -0.3 is 5.11 Å². The van der Waals surface area contributed by atoms with Crippen LogP contribution in [-0.2, 0) is 24.9 Å². The first kappa shape index (κ1) is 38.8. The van der Waals surface area contributed by atoms with E-state index in [1.807, 2.05) is 53.7 Å². The third kappa shape index (κ3) is 9.50. The molecule has 5 aromatic rings. The van der Waals surface area contributed by atoms with Crippen molar-refractivity contribution >= 4 is 29.9 Å². The Balaban J connectivity index is 0.000000334. The Morgan fingerprint density at radius 3 is 1.92 bits per heavy atom. The number of ketones is 1. The quantitative estimate of drug-likeness (QED) is 0.0697. The summed E-state index contributed by atoms with van der Waals surface area (Å²) in [7, 11) is -1.43. The molecule has 253 valence electrons. The number of nitrogens with zero attached hydrogens (tertiary/aromatic N) is 1. The number of carbonyl (C=O) groups excluding carboxylic acids is 1. The zero-order chi connectivity index (χ0) is 34.4.